The monoisotopic (exact) mass is 325 g/mol. The van der Waals surface area contributed by atoms with Gasteiger partial charge in [-0.25, -0.2) is 0 Å². The Morgan fingerprint density at radius 2 is 2.19 bits per heavy atom. The Labute approximate surface area is 134 Å². The number of hydrogen-bond acceptors (Lipinski definition) is 3. The van der Waals surface area contributed by atoms with Gasteiger partial charge in [-0.3, -0.25) is 4.79 Å². The van der Waals surface area contributed by atoms with Crippen LogP contribution in [0.1, 0.15) is 19.8 Å². The van der Waals surface area contributed by atoms with Gasteiger partial charge in [0.1, 0.15) is 11.6 Å². The van der Waals surface area contributed by atoms with Gasteiger partial charge < -0.3 is 10.2 Å². The van der Waals surface area contributed by atoms with Crippen molar-refractivity contribution < 1.29 is 4.79 Å². The predicted molar refractivity (Wildman–Crippen MR) is 86.3 cm³/mol. The van der Waals surface area contributed by atoms with Crippen molar-refractivity contribution in [3.63, 3.8) is 0 Å². The maximum absolute atomic E-state index is 12.1. The van der Waals surface area contributed by atoms with Crippen molar-refractivity contribution in [3.05, 3.63) is 40.0 Å². The molecule has 1 aromatic rings. The van der Waals surface area contributed by atoms with Gasteiger partial charge in [0.05, 0.1) is 15.7 Å². The molecule has 0 bridgehead atoms. The summed E-state index contributed by atoms with van der Waals surface area (Å²) in [6, 6.07) is 6.82. The van der Waals surface area contributed by atoms with Crippen LogP contribution in [0.3, 0.4) is 0 Å². The first-order chi connectivity index (χ1) is 9.99. The van der Waals surface area contributed by atoms with Crippen molar-refractivity contribution >= 4 is 34.8 Å². The van der Waals surface area contributed by atoms with E-state index in [1.807, 2.05) is 18.0 Å². The Morgan fingerprint density at radius 3 is 2.81 bits per heavy atom. The quantitative estimate of drug-likeness (QED) is 0.633. The Kier molecular flexibility index (Phi) is 7.07. The summed E-state index contributed by atoms with van der Waals surface area (Å²) in [6.07, 6.45) is 3.57. The fourth-order valence-corrected chi connectivity index (χ4v) is 1.97. The second-order valence-electron chi connectivity index (χ2n) is 4.54. The summed E-state index contributed by atoms with van der Waals surface area (Å²) >= 11 is 11.9. The van der Waals surface area contributed by atoms with E-state index >= 15 is 0 Å². The molecule has 0 radical (unpaired) electrons. The standard InChI is InChI=1S/C15H17Cl2N3O/c1-3-4-8-20(2)10-11(9-18)15(21)19-13-7-5-6-12(16)14(13)17/h5-7,10H,3-4,8H2,1-2H3,(H,19,21)/b11-10-. The molecule has 1 aromatic carbocycles. The Hall–Kier alpha value is -1.70. The van der Waals surface area contributed by atoms with Crippen LogP contribution in [0.25, 0.3) is 0 Å². The number of hydrogen-bond donors (Lipinski definition) is 1. The SMILES string of the molecule is CCCCN(C)/C=C(/C#N)C(=O)Nc1cccc(Cl)c1Cl. The number of benzene rings is 1. The minimum atomic E-state index is -0.509. The third kappa shape index (κ3) is 5.30. The van der Waals surface area contributed by atoms with Gasteiger partial charge in [-0.2, -0.15) is 5.26 Å². The van der Waals surface area contributed by atoms with Crippen LogP contribution in [-0.2, 0) is 4.79 Å². The van der Waals surface area contributed by atoms with E-state index < -0.39 is 5.91 Å². The van der Waals surface area contributed by atoms with Crippen LogP contribution in [0.15, 0.2) is 30.0 Å². The molecule has 4 nitrogen and oxygen atoms in total. The molecule has 112 valence electrons. The number of anilines is 1. The fraction of sp³-hybridized carbons (Fsp3) is 0.333. The molecule has 0 heterocycles. The number of carbonyl (C=O) groups excluding carboxylic acids is 1. The van der Waals surface area contributed by atoms with Crippen LogP contribution in [0.4, 0.5) is 5.69 Å². The van der Waals surface area contributed by atoms with Crippen LogP contribution in [0.5, 0.6) is 0 Å². The van der Waals surface area contributed by atoms with Crippen LogP contribution in [-0.4, -0.2) is 24.4 Å². The van der Waals surface area contributed by atoms with E-state index in [0.717, 1.165) is 19.4 Å². The lowest BCUT2D eigenvalue weighted by Gasteiger charge is -2.14. The Balaban J connectivity index is 2.83. The van der Waals surface area contributed by atoms with Crippen LogP contribution in [0, 0.1) is 11.3 Å². The number of nitrogens with zero attached hydrogens (tertiary/aromatic N) is 2. The molecule has 0 aliphatic heterocycles. The van der Waals surface area contributed by atoms with Crippen LogP contribution < -0.4 is 5.32 Å². The molecule has 0 atom stereocenters. The van der Waals surface area contributed by atoms with Crippen LogP contribution in [0.2, 0.25) is 10.0 Å². The zero-order chi connectivity index (χ0) is 15.8. The van der Waals surface area contributed by atoms with Gasteiger partial charge in [-0.1, -0.05) is 42.6 Å². The summed E-state index contributed by atoms with van der Waals surface area (Å²) < 4.78 is 0. The third-order valence-corrected chi connectivity index (χ3v) is 3.60. The first kappa shape index (κ1) is 17.4. The number of nitriles is 1. The van der Waals surface area contributed by atoms with Gasteiger partial charge in [-0.05, 0) is 18.6 Å². The predicted octanol–water partition coefficient (Wildman–Crippen LogP) is 4.07. The number of carbonyl (C=O) groups is 1. The molecule has 0 aliphatic carbocycles. The third-order valence-electron chi connectivity index (χ3n) is 2.78. The van der Waals surface area contributed by atoms with E-state index in [4.69, 9.17) is 28.5 Å². The fourth-order valence-electron chi connectivity index (χ4n) is 1.62. The number of rotatable bonds is 6. The lowest BCUT2D eigenvalue weighted by Crippen LogP contribution is -2.19. The molecule has 1 amide bonds. The summed E-state index contributed by atoms with van der Waals surface area (Å²) in [5.74, 6) is -0.509. The van der Waals surface area contributed by atoms with Crippen molar-refractivity contribution in [3.8, 4) is 6.07 Å². The number of nitrogens with one attached hydrogen (secondary N) is 1. The average molecular weight is 326 g/mol. The second-order valence-corrected chi connectivity index (χ2v) is 5.33. The molecule has 21 heavy (non-hydrogen) atoms. The Morgan fingerprint density at radius 1 is 1.48 bits per heavy atom. The molecule has 0 spiro atoms. The van der Waals surface area contributed by atoms with Gasteiger partial charge in [-0.15, -0.1) is 0 Å². The normalized spacial score (nSPS) is 10.9. The maximum atomic E-state index is 12.1. The molecule has 0 aromatic heterocycles. The Bertz CT molecular complexity index is 579. The van der Waals surface area contributed by atoms with Crippen molar-refractivity contribution in [1.82, 2.24) is 4.90 Å². The molecule has 1 N–H and O–H groups in total. The zero-order valence-electron chi connectivity index (χ0n) is 12.0. The van der Waals surface area contributed by atoms with Crippen molar-refractivity contribution in [2.24, 2.45) is 0 Å². The zero-order valence-corrected chi connectivity index (χ0v) is 13.5. The van der Waals surface area contributed by atoms with E-state index in [0.29, 0.717) is 10.7 Å². The number of halogens is 2. The highest BCUT2D eigenvalue weighted by Gasteiger charge is 2.13. The smallest absolute Gasteiger partial charge is 0.267 e. The molecule has 0 aliphatic rings. The second kappa shape index (κ2) is 8.56. The summed E-state index contributed by atoms with van der Waals surface area (Å²) in [5, 5.41) is 12.3. The summed E-state index contributed by atoms with van der Waals surface area (Å²) in [7, 11) is 1.83. The van der Waals surface area contributed by atoms with Gasteiger partial charge in [0.2, 0.25) is 0 Å². The van der Waals surface area contributed by atoms with E-state index in [1.165, 1.54) is 6.20 Å². The summed E-state index contributed by atoms with van der Waals surface area (Å²) in [5.41, 5.74) is 0.399. The van der Waals surface area contributed by atoms with Crippen molar-refractivity contribution in [2.45, 2.75) is 19.8 Å². The molecule has 0 fully saturated rings. The molecular formula is C15H17Cl2N3O. The summed E-state index contributed by atoms with van der Waals surface area (Å²) in [4.78, 5) is 13.9. The van der Waals surface area contributed by atoms with Crippen molar-refractivity contribution in [1.29, 1.82) is 5.26 Å². The van der Waals surface area contributed by atoms with Crippen molar-refractivity contribution in [2.75, 3.05) is 18.9 Å². The minimum Gasteiger partial charge on any atom is -0.379 e. The minimum absolute atomic E-state index is 0.0182. The summed E-state index contributed by atoms with van der Waals surface area (Å²) in [6.45, 7) is 2.86. The molecular weight excluding hydrogens is 309 g/mol. The molecule has 1 rings (SSSR count). The first-order valence-corrected chi connectivity index (χ1v) is 7.32. The highest BCUT2D eigenvalue weighted by atomic mass is 35.5. The lowest BCUT2D eigenvalue weighted by molar-refractivity contribution is -0.112. The number of amides is 1. The molecule has 0 saturated heterocycles. The molecule has 0 saturated carbocycles. The van der Waals surface area contributed by atoms with E-state index in [-0.39, 0.29) is 10.6 Å². The van der Waals surface area contributed by atoms with Gasteiger partial charge >= 0.3 is 0 Å². The highest BCUT2D eigenvalue weighted by molar-refractivity contribution is 6.44. The van der Waals surface area contributed by atoms with E-state index in [9.17, 15) is 4.79 Å². The van der Waals surface area contributed by atoms with E-state index in [2.05, 4.69) is 12.2 Å². The molecule has 0 unspecified atom stereocenters. The lowest BCUT2D eigenvalue weighted by atomic mass is 10.2. The molecule has 6 heteroatoms. The van der Waals surface area contributed by atoms with E-state index in [1.54, 1.807) is 18.2 Å². The first-order valence-electron chi connectivity index (χ1n) is 6.57. The van der Waals surface area contributed by atoms with Gasteiger partial charge in [0.15, 0.2) is 0 Å². The largest absolute Gasteiger partial charge is 0.379 e. The average Bonchev–Trinajstić information content (AvgIpc) is 2.47. The van der Waals surface area contributed by atoms with Crippen LogP contribution >= 0.6 is 23.2 Å². The van der Waals surface area contributed by atoms with Gasteiger partial charge in [0, 0.05) is 19.8 Å². The van der Waals surface area contributed by atoms with Gasteiger partial charge in [0.25, 0.3) is 5.91 Å². The number of unbranched alkanes of at least 4 members (excludes halogenated alkanes) is 1. The topological polar surface area (TPSA) is 56.1 Å². The highest BCUT2D eigenvalue weighted by Crippen LogP contribution is 2.29. The maximum Gasteiger partial charge on any atom is 0.267 e.